The van der Waals surface area contributed by atoms with Crippen molar-refractivity contribution in [2.75, 3.05) is 0 Å². The normalized spacial score (nSPS) is 11.9. The van der Waals surface area contributed by atoms with Crippen molar-refractivity contribution >= 4 is 17.5 Å². The fourth-order valence-electron chi connectivity index (χ4n) is 2.87. The lowest BCUT2D eigenvalue weighted by molar-refractivity contribution is 0.0993. The number of aromatic nitrogens is 3. The number of nitrogens with zero attached hydrogens (tertiary/aromatic N) is 3. The second-order valence-electron chi connectivity index (χ2n) is 6.94. The highest BCUT2D eigenvalue weighted by atomic mass is 32.2. The van der Waals surface area contributed by atoms with Crippen LogP contribution in [-0.2, 0) is 13.2 Å². The Bertz CT molecular complexity index is 1060. The topological polar surface area (TPSA) is 57.0 Å². The molecule has 2 aromatic carbocycles. The number of allylic oxidation sites excluding steroid dienone is 1. The molecule has 0 radical (unpaired) electrons. The number of carbonyl (C=O) groups is 1. The number of halogens is 1. The summed E-state index contributed by atoms with van der Waals surface area (Å²) in [6, 6.07) is 11.9. The first-order chi connectivity index (χ1) is 14.4. The van der Waals surface area contributed by atoms with Gasteiger partial charge in [0.15, 0.2) is 28.3 Å². The number of aryl methyl sites for hydroxylation is 2. The van der Waals surface area contributed by atoms with Crippen molar-refractivity contribution < 1.29 is 13.9 Å². The molecule has 1 heterocycles. The number of ketones is 1. The molecule has 0 aliphatic rings. The lowest BCUT2D eigenvalue weighted by atomic mass is 10.0. The highest BCUT2D eigenvalue weighted by Crippen LogP contribution is 2.26. The van der Waals surface area contributed by atoms with Crippen LogP contribution in [0.5, 0.6) is 5.75 Å². The Morgan fingerprint density at radius 3 is 2.70 bits per heavy atom. The second kappa shape index (κ2) is 9.71. The van der Waals surface area contributed by atoms with E-state index in [2.05, 4.69) is 16.8 Å². The molecule has 1 atom stereocenters. The molecule has 0 aliphatic heterocycles. The number of Topliss-reactive ketones (excluding diaryl/α,β-unsaturated/α-hetero) is 1. The first kappa shape index (κ1) is 21.8. The molecule has 5 nitrogen and oxygen atoms in total. The van der Waals surface area contributed by atoms with Crippen molar-refractivity contribution in [2.24, 2.45) is 0 Å². The van der Waals surface area contributed by atoms with Crippen LogP contribution in [0, 0.1) is 19.7 Å². The van der Waals surface area contributed by atoms with Crippen LogP contribution < -0.4 is 4.74 Å². The van der Waals surface area contributed by atoms with E-state index in [0.29, 0.717) is 23.1 Å². The van der Waals surface area contributed by atoms with Crippen LogP contribution >= 0.6 is 11.8 Å². The second-order valence-corrected chi connectivity index (χ2v) is 8.25. The molecule has 0 amide bonds. The number of hydrogen-bond acceptors (Lipinski definition) is 5. The molecule has 3 rings (SSSR count). The molecule has 1 unspecified atom stereocenters. The van der Waals surface area contributed by atoms with E-state index in [1.165, 1.54) is 17.8 Å². The molecular formula is C23H24FN3O2S. The zero-order valence-corrected chi connectivity index (χ0v) is 18.1. The summed E-state index contributed by atoms with van der Waals surface area (Å²) in [5, 5.41) is 8.64. The van der Waals surface area contributed by atoms with Crippen LogP contribution in [0.15, 0.2) is 60.3 Å². The fraction of sp³-hybridized carbons (Fsp3) is 0.261. The monoisotopic (exact) mass is 425 g/mol. The smallest absolute Gasteiger partial charge is 0.192 e. The summed E-state index contributed by atoms with van der Waals surface area (Å²) in [7, 11) is 0. The largest absolute Gasteiger partial charge is 0.483 e. The minimum Gasteiger partial charge on any atom is -0.483 e. The molecule has 0 aliphatic carbocycles. The standard InChI is InChI=1S/C23H24FN3O2S/c1-5-12-27-21(14-29-20-9-7-6-8-19(20)24)25-26-23(27)30-17(4)22(28)18-11-10-15(2)16(3)13-18/h5-11,13,17H,1,12,14H2,2-4H3. The summed E-state index contributed by atoms with van der Waals surface area (Å²) in [5.41, 5.74) is 2.91. The summed E-state index contributed by atoms with van der Waals surface area (Å²) in [5.74, 6) is 0.277. The van der Waals surface area contributed by atoms with Gasteiger partial charge < -0.3 is 4.74 Å². The van der Waals surface area contributed by atoms with Crippen LogP contribution in [0.25, 0.3) is 0 Å². The van der Waals surface area contributed by atoms with Gasteiger partial charge in [0.25, 0.3) is 0 Å². The molecule has 0 saturated heterocycles. The number of para-hydroxylation sites is 1. The van der Waals surface area contributed by atoms with E-state index < -0.39 is 5.82 Å². The molecule has 0 bridgehead atoms. The predicted octanol–water partition coefficient (Wildman–Crippen LogP) is 5.16. The molecule has 156 valence electrons. The van der Waals surface area contributed by atoms with Crippen LogP contribution in [-0.4, -0.2) is 25.8 Å². The van der Waals surface area contributed by atoms with E-state index in [9.17, 15) is 9.18 Å². The number of thioether (sulfide) groups is 1. The zero-order chi connectivity index (χ0) is 21.7. The van der Waals surface area contributed by atoms with Gasteiger partial charge in [0.2, 0.25) is 0 Å². The fourth-order valence-corrected chi connectivity index (χ4v) is 3.82. The SMILES string of the molecule is C=CCn1c(COc2ccccc2F)nnc1SC(C)C(=O)c1ccc(C)c(C)c1. The Hall–Kier alpha value is -2.93. The molecule has 0 spiro atoms. The highest BCUT2D eigenvalue weighted by molar-refractivity contribution is 8.00. The van der Waals surface area contributed by atoms with E-state index in [0.717, 1.165) is 11.1 Å². The molecule has 0 fully saturated rings. The third-order valence-corrected chi connectivity index (χ3v) is 5.82. The zero-order valence-electron chi connectivity index (χ0n) is 17.3. The van der Waals surface area contributed by atoms with Gasteiger partial charge in [-0.2, -0.15) is 0 Å². The van der Waals surface area contributed by atoms with Crippen molar-refractivity contribution in [3.63, 3.8) is 0 Å². The third kappa shape index (κ3) is 4.97. The van der Waals surface area contributed by atoms with E-state index in [-0.39, 0.29) is 23.4 Å². The average molecular weight is 426 g/mol. The Morgan fingerprint density at radius 2 is 2.00 bits per heavy atom. The van der Waals surface area contributed by atoms with Crippen molar-refractivity contribution in [2.45, 2.75) is 44.3 Å². The molecule has 30 heavy (non-hydrogen) atoms. The highest BCUT2D eigenvalue weighted by Gasteiger charge is 2.21. The van der Waals surface area contributed by atoms with Gasteiger partial charge in [-0.15, -0.1) is 16.8 Å². The van der Waals surface area contributed by atoms with Gasteiger partial charge in [0, 0.05) is 12.1 Å². The Morgan fingerprint density at radius 1 is 1.23 bits per heavy atom. The van der Waals surface area contributed by atoms with Gasteiger partial charge >= 0.3 is 0 Å². The summed E-state index contributed by atoms with van der Waals surface area (Å²) in [4.78, 5) is 12.9. The number of carbonyl (C=O) groups excluding carboxylic acids is 1. The maximum atomic E-state index is 13.8. The average Bonchev–Trinajstić information content (AvgIpc) is 3.10. The van der Waals surface area contributed by atoms with Crippen molar-refractivity contribution in [1.29, 1.82) is 0 Å². The van der Waals surface area contributed by atoms with Gasteiger partial charge in [-0.05, 0) is 50.1 Å². The van der Waals surface area contributed by atoms with Crippen molar-refractivity contribution in [3.8, 4) is 5.75 Å². The molecule has 3 aromatic rings. The quantitative estimate of drug-likeness (QED) is 0.269. The van der Waals surface area contributed by atoms with Crippen LogP contribution in [0.1, 0.15) is 34.2 Å². The van der Waals surface area contributed by atoms with Gasteiger partial charge in [0.1, 0.15) is 6.61 Å². The summed E-state index contributed by atoms with van der Waals surface area (Å²) < 4.78 is 21.2. The molecule has 0 saturated carbocycles. The number of ether oxygens (including phenoxy) is 1. The molecule has 0 N–H and O–H groups in total. The predicted molar refractivity (Wildman–Crippen MR) is 117 cm³/mol. The summed E-state index contributed by atoms with van der Waals surface area (Å²) >= 11 is 1.33. The Balaban J connectivity index is 1.75. The molecular weight excluding hydrogens is 401 g/mol. The van der Waals surface area contributed by atoms with Gasteiger partial charge in [-0.3, -0.25) is 9.36 Å². The Labute approximate surface area is 180 Å². The third-order valence-electron chi connectivity index (χ3n) is 4.74. The lowest BCUT2D eigenvalue weighted by Crippen LogP contribution is -2.15. The maximum absolute atomic E-state index is 13.8. The first-order valence-electron chi connectivity index (χ1n) is 9.59. The Kier molecular flexibility index (Phi) is 7.05. The molecule has 1 aromatic heterocycles. The van der Waals surface area contributed by atoms with Crippen LogP contribution in [0.3, 0.4) is 0 Å². The minimum absolute atomic E-state index is 0.0282. The van der Waals surface area contributed by atoms with Crippen LogP contribution in [0.2, 0.25) is 0 Å². The van der Waals surface area contributed by atoms with Crippen LogP contribution in [0.4, 0.5) is 4.39 Å². The number of benzene rings is 2. The lowest BCUT2D eigenvalue weighted by Gasteiger charge is -2.13. The minimum atomic E-state index is -0.436. The maximum Gasteiger partial charge on any atom is 0.192 e. The summed E-state index contributed by atoms with van der Waals surface area (Å²) in [6.45, 7) is 10.2. The summed E-state index contributed by atoms with van der Waals surface area (Å²) in [6.07, 6.45) is 1.72. The van der Waals surface area contributed by atoms with E-state index in [1.807, 2.05) is 43.5 Å². The van der Waals surface area contributed by atoms with E-state index in [4.69, 9.17) is 4.74 Å². The van der Waals surface area contributed by atoms with E-state index >= 15 is 0 Å². The van der Waals surface area contributed by atoms with Gasteiger partial charge in [-0.25, -0.2) is 4.39 Å². The van der Waals surface area contributed by atoms with E-state index in [1.54, 1.807) is 24.3 Å². The van der Waals surface area contributed by atoms with Gasteiger partial charge in [-0.1, -0.05) is 42.1 Å². The molecule has 7 heteroatoms. The number of rotatable bonds is 9. The van der Waals surface area contributed by atoms with Crippen molar-refractivity contribution in [3.05, 3.63) is 83.5 Å². The number of hydrogen-bond donors (Lipinski definition) is 0. The van der Waals surface area contributed by atoms with Crippen molar-refractivity contribution in [1.82, 2.24) is 14.8 Å². The first-order valence-corrected chi connectivity index (χ1v) is 10.5. The van der Waals surface area contributed by atoms with Gasteiger partial charge in [0.05, 0.1) is 5.25 Å².